The fourth-order valence-corrected chi connectivity index (χ4v) is 1.81. The van der Waals surface area contributed by atoms with E-state index in [1.165, 1.54) is 7.11 Å². The number of terminal acetylenes is 1. The lowest BCUT2D eigenvalue weighted by molar-refractivity contribution is -0.142. The van der Waals surface area contributed by atoms with Gasteiger partial charge >= 0.3 is 5.97 Å². The second kappa shape index (κ2) is 8.60. The molecule has 0 aromatic heterocycles. The highest BCUT2D eigenvalue weighted by atomic mass is 16.5. The van der Waals surface area contributed by atoms with Gasteiger partial charge in [-0.3, -0.25) is 14.5 Å². The van der Waals surface area contributed by atoms with Gasteiger partial charge in [0.15, 0.2) is 0 Å². The lowest BCUT2D eigenvalue weighted by atomic mass is 9.94. The Bertz CT molecular complexity index is 368. The number of carbonyl (C=O) groups is 2. The summed E-state index contributed by atoms with van der Waals surface area (Å²) in [6.07, 6.45) is 6.86. The van der Waals surface area contributed by atoms with Gasteiger partial charge in [-0.15, -0.1) is 6.42 Å². The third kappa shape index (κ3) is 5.62. The van der Waals surface area contributed by atoms with Crippen LogP contribution in [0.1, 0.15) is 40.5 Å². The topological polar surface area (TPSA) is 58.6 Å². The lowest BCUT2D eigenvalue weighted by Crippen LogP contribution is -2.51. The molecule has 0 bridgehead atoms. The zero-order valence-corrected chi connectivity index (χ0v) is 13.2. The molecule has 0 heterocycles. The zero-order chi connectivity index (χ0) is 15.8. The average molecular weight is 282 g/mol. The van der Waals surface area contributed by atoms with E-state index in [4.69, 9.17) is 6.42 Å². The Balaban J connectivity index is 4.70. The predicted molar refractivity (Wildman–Crippen MR) is 79.0 cm³/mol. The van der Waals surface area contributed by atoms with Crippen molar-refractivity contribution in [3.05, 3.63) is 0 Å². The molecule has 20 heavy (non-hydrogen) atoms. The molecule has 0 aliphatic heterocycles. The maximum absolute atomic E-state index is 12.1. The molecule has 0 radical (unpaired) electrons. The Morgan fingerprint density at radius 1 is 1.30 bits per heavy atom. The van der Waals surface area contributed by atoms with Crippen molar-refractivity contribution in [3.8, 4) is 12.3 Å². The van der Waals surface area contributed by atoms with Crippen molar-refractivity contribution in [1.29, 1.82) is 0 Å². The molecular weight excluding hydrogens is 256 g/mol. The first kappa shape index (κ1) is 18.5. The molecule has 0 fully saturated rings. The number of rotatable bonds is 8. The molecule has 0 atom stereocenters. The van der Waals surface area contributed by atoms with Gasteiger partial charge in [0, 0.05) is 6.04 Å². The van der Waals surface area contributed by atoms with Crippen LogP contribution in [0.5, 0.6) is 0 Å². The van der Waals surface area contributed by atoms with Crippen molar-refractivity contribution in [2.24, 2.45) is 0 Å². The molecule has 0 aliphatic rings. The van der Waals surface area contributed by atoms with E-state index in [0.29, 0.717) is 12.8 Å². The summed E-state index contributed by atoms with van der Waals surface area (Å²) in [7, 11) is 1.33. The average Bonchev–Trinajstić information content (AvgIpc) is 2.43. The number of hydrogen-bond acceptors (Lipinski definition) is 4. The number of amides is 1. The number of nitrogens with zero attached hydrogens (tertiary/aromatic N) is 1. The molecule has 1 amide bonds. The third-order valence-electron chi connectivity index (χ3n) is 3.50. The molecule has 1 N–H and O–H groups in total. The Hall–Kier alpha value is -1.54. The molecule has 0 saturated heterocycles. The molecule has 5 heteroatoms. The van der Waals surface area contributed by atoms with Crippen molar-refractivity contribution in [2.75, 3.05) is 20.2 Å². The molecule has 5 nitrogen and oxygen atoms in total. The van der Waals surface area contributed by atoms with Gasteiger partial charge in [0.05, 0.1) is 20.2 Å². The van der Waals surface area contributed by atoms with Crippen molar-refractivity contribution in [2.45, 2.75) is 52.1 Å². The number of ether oxygens (including phenoxy) is 1. The van der Waals surface area contributed by atoms with E-state index in [9.17, 15) is 9.59 Å². The van der Waals surface area contributed by atoms with Crippen molar-refractivity contribution in [1.82, 2.24) is 10.2 Å². The van der Waals surface area contributed by atoms with Crippen LogP contribution in [0.15, 0.2) is 0 Å². The SMILES string of the molecule is C#CC(CC)(CC)NC(=O)CN(CC(=O)OC)C(C)C. The zero-order valence-electron chi connectivity index (χ0n) is 13.2. The largest absolute Gasteiger partial charge is 0.468 e. The number of carbonyl (C=O) groups excluding carboxylic acids is 2. The molecular formula is C15H26N2O3. The van der Waals surface area contributed by atoms with Gasteiger partial charge in [-0.05, 0) is 26.7 Å². The van der Waals surface area contributed by atoms with Crippen molar-refractivity contribution < 1.29 is 14.3 Å². The molecule has 0 rings (SSSR count). The van der Waals surface area contributed by atoms with E-state index in [1.807, 2.05) is 27.7 Å². The van der Waals surface area contributed by atoms with Crippen LogP contribution in [-0.4, -0.2) is 48.6 Å². The fraction of sp³-hybridized carbons (Fsp3) is 0.733. The van der Waals surface area contributed by atoms with E-state index in [-0.39, 0.29) is 31.0 Å². The molecule has 0 aromatic rings. The molecule has 0 aromatic carbocycles. The summed E-state index contributed by atoms with van der Waals surface area (Å²) >= 11 is 0. The maximum Gasteiger partial charge on any atom is 0.319 e. The summed E-state index contributed by atoms with van der Waals surface area (Å²) < 4.78 is 4.63. The highest BCUT2D eigenvalue weighted by Gasteiger charge is 2.27. The van der Waals surface area contributed by atoms with Crippen LogP contribution in [0.2, 0.25) is 0 Å². The van der Waals surface area contributed by atoms with Gasteiger partial charge in [-0.1, -0.05) is 19.8 Å². The van der Waals surface area contributed by atoms with Gasteiger partial charge in [0.1, 0.15) is 5.54 Å². The minimum atomic E-state index is -0.606. The minimum Gasteiger partial charge on any atom is -0.468 e. The molecule has 114 valence electrons. The second-order valence-corrected chi connectivity index (χ2v) is 5.06. The van der Waals surface area contributed by atoms with Crippen LogP contribution in [0, 0.1) is 12.3 Å². The van der Waals surface area contributed by atoms with Gasteiger partial charge in [0.25, 0.3) is 0 Å². The molecule has 0 aliphatic carbocycles. The summed E-state index contributed by atoms with van der Waals surface area (Å²) in [6, 6.07) is 0.0586. The first-order chi connectivity index (χ1) is 9.33. The fourth-order valence-electron chi connectivity index (χ4n) is 1.81. The summed E-state index contributed by atoms with van der Waals surface area (Å²) in [5.74, 6) is 2.12. The van der Waals surface area contributed by atoms with Crippen LogP contribution in [0.4, 0.5) is 0 Å². The Labute approximate surface area is 122 Å². The predicted octanol–water partition coefficient (Wildman–Crippen LogP) is 1.18. The van der Waals surface area contributed by atoms with Crippen LogP contribution >= 0.6 is 0 Å². The van der Waals surface area contributed by atoms with Crippen LogP contribution in [-0.2, 0) is 14.3 Å². The van der Waals surface area contributed by atoms with E-state index < -0.39 is 5.54 Å². The van der Waals surface area contributed by atoms with E-state index >= 15 is 0 Å². The summed E-state index contributed by atoms with van der Waals surface area (Å²) in [5, 5.41) is 2.89. The van der Waals surface area contributed by atoms with E-state index in [2.05, 4.69) is 16.0 Å². The summed E-state index contributed by atoms with van der Waals surface area (Å²) in [5.41, 5.74) is -0.606. The van der Waals surface area contributed by atoms with Gasteiger partial charge < -0.3 is 10.1 Å². The van der Waals surface area contributed by atoms with Gasteiger partial charge in [0.2, 0.25) is 5.91 Å². The quantitative estimate of drug-likeness (QED) is 0.536. The first-order valence-electron chi connectivity index (χ1n) is 6.93. The Morgan fingerprint density at radius 2 is 1.85 bits per heavy atom. The molecule has 0 saturated carbocycles. The highest BCUT2D eigenvalue weighted by Crippen LogP contribution is 2.13. The third-order valence-corrected chi connectivity index (χ3v) is 3.50. The summed E-state index contributed by atoms with van der Waals surface area (Å²) in [4.78, 5) is 25.2. The van der Waals surface area contributed by atoms with Crippen molar-refractivity contribution in [3.63, 3.8) is 0 Å². The Kier molecular flexibility index (Phi) is 7.93. The number of esters is 1. The van der Waals surface area contributed by atoms with Crippen LogP contribution in [0.3, 0.4) is 0 Å². The number of methoxy groups -OCH3 is 1. The molecule has 0 unspecified atom stereocenters. The van der Waals surface area contributed by atoms with Crippen molar-refractivity contribution >= 4 is 11.9 Å². The number of hydrogen-bond donors (Lipinski definition) is 1. The first-order valence-corrected chi connectivity index (χ1v) is 6.93. The normalized spacial score (nSPS) is 11.3. The Morgan fingerprint density at radius 3 is 2.20 bits per heavy atom. The minimum absolute atomic E-state index is 0.0586. The number of nitrogens with one attached hydrogen (secondary N) is 1. The van der Waals surface area contributed by atoms with Crippen LogP contribution < -0.4 is 5.32 Å². The van der Waals surface area contributed by atoms with Gasteiger partial charge in [-0.2, -0.15) is 0 Å². The maximum atomic E-state index is 12.1. The smallest absolute Gasteiger partial charge is 0.319 e. The van der Waals surface area contributed by atoms with E-state index in [0.717, 1.165) is 0 Å². The van der Waals surface area contributed by atoms with E-state index in [1.54, 1.807) is 4.90 Å². The summed E-state index contributed by atoms with van der Waals surface area (Å²) in [6.45, 7) is 7.93. The second-order valence-electron chi connectivity index (χ2n) is 5.06. The molecule has 0 spiro atoms. The monoisotopic (exact) mass is 282 g/mol. The standard InChI is InChI=1S/C15H26N2O3/c1-7-15(8-2,9-3)16-13(18)10-17(12(4)5)11-14(19)20-6/h1,12H,8-11H2,2-6H3,(H,16,18). The van der Waals surface area contributed by atoms with Crippen LogP contribution in [0.25, 0.3) is 0 Å². The highest BCUT2D eigenvalue weighted by molar-refractivity contribution is 5.80. The lowest BCUT2D eigenvalue weighted by Gasteiger charge is -2.30. The van der Waals surface area contributed by atoms with Gasteiger partial charge in [-0.25, -0.2) is 0 Å².